The molecule has 0 saturated heterocycles. The summed E-state index contributed by atoms with van der Waals surface area (Å²) in [6, 6.07) is 20.1. The molecule has 1 unspecified atom stereocenters. The van der Waals surface area contributed by atoms with E-state index in [-0.39, 0.29) is 39.4 Å². The minimum atomic E-state index is -4.18. The molecule has 0 saturated carbocycles. The summed E-state index contributed by atoms with van der Waals surface area (Å²) in [6.45, 7) is -0.565. The van der Waals surface area contributed by atoms with Crippen molar-refractivity contribution in [3.8, 4) is 11.5 Å². The van der Waals surface area contributed by atoms with Crippen LogP contribution >= 0.6 is 11.3 Å². The molecule has 42 heavy (non-hydrogen) atoms. The predicted octanol–water partition coefficient (Wildman–Crippen LogP) is 5.02. The number of benzene rings is 4. The molecule has 12 heteroatoms. The molecule has 1 atom stereocenters. The Bertz CT molecular complexity index is 1800. The van der Waals surface area contributed by atoms with Crippen molar-refractivity contribution in [3.05, 3.63) is 107 Å². The van der Waals surface area contributed by atoms with E-state index in [1.165, 1.54) is 25.3 Å². The Kier molecular flexibility index (Phi) is 8.50. The number of anilines is 1. The number of hydrogen-bond donors (Lipinski definition) is 3. The number of aliphatic hydroxyl groups excluding tert-OH is 2. The van der Waals surface area contributed by atoms with E-state index in [9.17, 15) is 27.8 Å². The van der Waals surface area contributed by atoms with Crippen LogP contribution < -0.4 is 14.8 Å². The molecule has 5 aromatic rings. The number of fused-ring (bicyclic) bond motifs is 1. The van der Waals surface area contributed by atoms with Crippen LogP contribution in [-0.4, -0.2) is 36.6 Å². The third kappa shape index (κ3) is 5.97. The summed E-state index contributed by atoms with van der Waals surface area (Å²) >= 11 is 1.14. The van der Waals surface area contributed by atoms with Crippen LogP contribution in [0.2, 0.25) is 0 Å². The number of amides is 1. The first-order chi connectivity index (χ1) is 20.2. The lowest BCUT2D eigenvalue weighted by Gasteiger charge is -2.21. The third-order valence-corrected chi connectivity index (χ3v) is 9.22. The van der Waals surface area contributed by atoms with Gasteiger partial charge in [-0.25, -0.2) is 17.8 Å². The van der Waals surface area contributed by atoms with Gasteiger partial charge >= 0.3 is 0 Å². The number of hydrogen-bond acceptors (Lipinski definition) is 9. The van der Waals surface area contributed by atoms with Crippen LogP contribution in [0, 0.1) is 5.82 Å². The summed E-state index contributed by atoms with van der Waals surface area (Å²) in [5, 5.41) is 22.2. The standard InChI is InChI=1S/C30H25FN2O7S2/c1-39-21-8-10-22(11-9-21)40-28(24-4-2-3-5-27(24)42(37,38)23-12-6-20(31)7-13-23)29(36)33-30-32-25-14-18(16-34)19(17-35)15-26(25)41-30/h2-15,28,34-35H,16-17H2,1H3,(H,32,33,36). The van der Waals surface area contributed by atoms with Gasteiger partial charge in [0.25, 0.3) is 5.91 Å². The van der Waals surface area contributed by atoms with Crippen LogP contribution in [-0.2, 0) is 27.8 Å². The molecule has 4 aromatic carbocycles. The van der Waals surface area contributed by atoms with Gasteiger partial charge in [0, 0.05) is 5.56 Å². The number of halogens is 1. The van der Waals surface area contributed by atoms with Gasteiger partial charge in [-0.3, -0.25) is 10.1 Å². The maximum Gasteiger partial charge on any atom is 0.272 e. The fourth-order valence-corrected chi connectivity index (χ4v) is 6.71. The first-order valence-electron chi connectivity index (χ1n) is 12.6. The molecular weight excluding hydrogens is 583 g/mol. The average Bonchev–Trinajstić information content (AvgIpc) is 3.40. The van der Waals surface area contributed by atoms with E-state index in [0.29, 0.717) is 27.1 Å². The second-order valence-corrected chi connectivity index (χ2v) is 12.0. The molecule has 0 bridgehead atoms. The molecule has 1 amide bonds. The van der Waals surface area contributed by atoms with Crippen LogP contribution in [0.4, 0.5) is 9.52 Å². The van der Waals surface area contributed by atoms with Crippen molar-refractivity contribution in [1.82, 2.24) is 4.98 Å². The van der Waals surface area contributed by atoms with Crippen LogP contribution in [0.3, 0.4) is 0 Å². The highest BCUT2D eigenvalue weighted by molar-refractivity contribution is 7.91. The van der Waals surface area contributed by atoms with E-state index in [4.69, 9.17) is 9.47 Å². The first kappa shape index (κ1) is 29.1. The summed E-state index contributed by atoms with van der Waals surface area (Å²) in [7, 11) is -2.68. The van der Waals surface area contributed by atoms with Crippen LogP contribution in [0.15, 0.2) is 94.7 Å². The van der Waals surface area contributed by atoms with Gasteiger partial charge in [-0.1, -0.05) is 29.5 Å². The smallest absolute Gasteiger partial charge is 0.272 e. The predicted molar refractivity (Wildman–Crippen MR) is 155 cm³/mol. The Morgan fingerprint density at radius 1 is 0.952 bits per heavy atom. The van der Waals surface area contributed by atoms with Crippen LogP contribution in [0.25, 0.3) is 10.2 Å². The molecule has 1 heterocycles. The molecule has 9 nitrogen and oxygen atoms in total. The minimum Gasteiger partial charge on any atom is -0.497 e. The molecule has 1 aromatic heterocycles. The maximum absolute atomic E-state index is 13.8. The minimum absolute atomic E-state index is 0.0568. The SMILES string of the molecule is COc1ccc(OC(C(=O)Nc2nc3cc(CO)c(CO)cc3s2)c2ccccc2S(=O)(=O)c2ccc(F)cc2)cc1. The van der Waals surface area contributed by atoms with E-state index in [1.54, 1.807) is 42.5 Å². The van der Waals surface area contributed by atoms with Gasteiger partial charge in [0.1, 0.15) is 17.3 Å². The Morgan fingerprint density at radius 3 is 2.26 bits per heavy atom. The zero-order chi connectivity index (χ0) is 29.9. The van der Waals surface area contributed by atoms with Gasteiger partial charge in [-0.05, 0) is 77.9 Å². The zero-order valence-corrected chi connectivity index (χ0v) is 23.8. The molecule has 0 radical (unpaired) electrons. The molecule has 0 fully saturated rings. The number of nitrogens with one attached hydrogen (secondary N) is 1. The fraction of sp³-hybridized carbons (Fsp3) is 0.133. The average molecular weight is 609 g/mol. The van der Waals surface area contributed by atoms with Gasteiger partial charge in [-0.2, -0.15) is 0 Å². The third-order valence-electron chi connectivity index (χ3n) is 6.45. The lowest BCUT2D eigenvalue weighted by Crippen LogP contribution is -2.27. The van der Waals surface area contributed by atoms with E-state index in [2.05, 4.69) is 10.3 Å². The highest BCUT2D eigenvalue weighted by Gasteiger charge is 2.31. The number of aliphatic hydroxyl groups is 2. The number of carbonyl (C=O) groups is 1. The molecule has 0 aliphatic heterocycles. The van der Waals surface area contributed by atoms with Crippen molar-refractivity contribution in [2.24, 2.45) is 0 Å². The van der Waals surface area contributed by atoms with Crippen LogP contribution in [0.1, 0.15) is 22.8 Å². The van der Waals surface area contributed by atoms with Crippen molar-refractivity contribution in [2.75, 3.05) is 12.4 Å². The van der Waals surface area contributed by atoms with E-state index in [1.807, 2.05) is 0 Å². The van der Waals surface area contributed by atoms with Crippen molar-refractivity contribution in [3.63, 3.8) is 0 Å². The first-order valence-corrected chi connectivity index (χ1v) is 14.9. The van der Waals surface area contributed by atoms with Crippen molar-refractivity contribution >= 4 is 42.4 Å². The van der Waals surface area contributed by atoms with Gasteiger partial charge in [-0.15, -0.1) is 0 Å². The number of thiazole rings is 1. The summed E-state index contributed by atoms with van der Waals surface area (Å²) in [5.41, 5.74) is 1.60. The van der Waals surface area contributed by atoms with Crippen LogP contribution in [0.5, 0.6) is 11.5 Å². The van der Waals surface area contributed by atoms with Crippen molar-refractivity contribution < 1.29 is 37.3 Å². The highest BCUT2D eigenvalue weighted by Crippen LogP contribution is 2.34. The molecule has 216 valence electrons. The quantitative estimate of drug-likeness (QED) is 0.188. The molecule has 0 aliphatic rings. The monoisotopic (exact) mass is 608 g/mol. The topological polar surface area (TPSA) is 135 Å². The Labute approximate surface area is 244 Å². The largest absolute Gasteiger partial charge is 0.497 e. The number of nitrogens with zero attached hydrogens (tertiary/aromatic N) is 1. The number of carbonyl (C=O) groups excluding carboxylic acids is 1. The summed E-state index contributed by atoms with van der Waals surface area (Å²) in [5.74, 6) is -0.456. The van der Waals surface area contributed by atoms with Gasteiger partial charge in [0.05, 0.1) is 40.3 Å². The molecule has 0 aliphatic carbocycles. The number of sulfone groups is 1. The summed E-state index contributed by atoms with van der Waals surface area (Å²) in [6.07, 6.45) is -1.45. The van der Waals surface area contributed by atoms with E-state index < -0.39 is 27.7 Å². The highest BCUT2D eigenvalue weighted by atomic mass is 32.2. The second kappa shape index (κ2) is 12.2. The molecule has 5 rings (SSSR count). The van der Waals surface area contributed by atoms with Gasteiger partial charge in [0.15, 0.2) is 5.13 Å². The number of rotatable bonds is 10. The van der Waals surface area contributed by atoms with Gasteiger partial charge < -0.3 is 19.7 Å². The number of aromatic nitrogens is 1. The van der Waals surface area contributed by atoms with Crippen molar-refractivity contribution in [1.29, 1.82) is 0 Å². The number of ether oxygens (including phenoxy) is 2. The summed E-state index contributed by atoms with van der Waals surface area (Å²) < 4.78 is 52.8. The zero-order valence-electron chi connectivity index (χ0n) is 22.2. The van der Waals surface area contributed by atoms with Gasteiger partial charge in [0.2, 0.25) is 15.9 Å². The lowest BCUT2D eigenvalue weighted by molar-refractivity contribution is -0.123. The molecular formula is C30H25FN2O7S2. The summed E-state index contributed by atoms with van der Waals surface area (Å²) in [4.78, 5) is 17.9. The van der Waals surface area contributed by atoms with Crippen molar-refractivity contribution in [2.45, 2.75) is 29.1 Å². The fourth-order valence-electron chi connectivity index (χ4n) is 4.31. The Hall–Kier alpha value is -4.36. The molecule has 0 spiro atoms. The molecule has 3 N–H and O–H groups in total. The Morgan fingerprint density at radius 2 is 1.60 bits per heavy atom. The van der Waals surface area contributed by atoms with E-state index >= 15 is 0 Å². The van der Waals surface area contributed by atoms with E-state index in [0.717, 1.165) is 35.6 Å². The number of methoxy groups -OCH3 is 1. The second-order valence-electron chi connectivity index (χ2n) is 9.08. The maximum atomic E-state index is 13.8. The Balaban J connectivity index is 1.56. The lowest BCUT2D eigenvalue weighted by atomic mass is 10.1. The normalized spacial score (nSPS) is 12.2.